The Morgan fingerprint density at radius 2 is 1.85 bits per heavy atom. The third kappa shape index (κ3) is 3.98. The van der Waals surface area contributed by atoms with Crippen LogP contribution in [0.3, 0.4) is 0 Å². The minimum atomic E-state index is -0.909. The summed E-state index contributed by atoms with van der Waals surface area (Å²) >= 11 is 1.35. The van der Waals surface area contributed by atoms with Gasteiger partial charge in [0, 0.05) is 16.8 Å². The van der Waals surface area contributed by atoms with Gasteiger partial charge >= 0.3 is 5.97 Å². The zero-order valence-electron chi connectivity index (χ0n) is 16.1. The van der Waals surface area contributed by atoms with E-state index in [4.69, 9.17) is 0 Å². The van der Waals surface area contributed by atoms with Gasteiger partial charge in [-0.3, -0.25) is 4.79 Å². The molecule has 0 aromatic carbocycles. The van der Waals surface area contributed by atoms with Crippen LogP contribution in [-0.4, -0.2) is 23.0 Å². The van der Waals surface area contributed by atoms with E-state index in [9.17, 15) is 14.7 Å². The number of anilines is 1. The van der Waals surface area contributed by atoms with Gasteiger partial charge < -0.3 is 10.0 Å². The van der Waals surface area contributed by atoms with Crippen LogP contribution in [0.15, 0.2) is 12.1 Å². The van der Waals surface area contributed by atoms with Crippen LogP contribution in [0, 0.1) is 11.8 Å². The molecule has 2 fully saturated rings. The van der Waals surface area contributed by atoms with Crippen LogP contribution in [0.1, 0.15) is 85.7 Å². The summed E-state index contributed by atoms with van der Waals surface area (Å²) in [6.07, 6.45) is 12.7. The SMILES string of the molecule is C[C@H]1CC[C@H](C(=O)N(c2cc(C3=CCCCC3)sc2C(=O)O)C2CC2)CC1. The maximum Gasteiger partial charge on any atom is 0.348 e. The molecule has 1 aromatic heterocycles. The molecule has 1 aromatic rings. The lowest BCUT2D eigenvalue weighted by Gasteiger charge is -2.31. The number of carboxylic acid groups (broad SMARTS) is 1. The third-order valence-electron chi connectivity index (χ3n) is 6.29. The van der Waals surface area contributed by atoms with E-state index in [0.29, 0.717) is 16.5 Å². The van der Waals surface area contributed by atoms with E-state index < -0.39 is 5.97 Å². The Balaban J connectivity index is 1.65. The molecule has 3 aliphatic carbocycles. The molecule has 3 aliphatic rings. The Bertz CT molecular complexity index is 754. The Morgan fingerprint density at radius 3 is 2.44 bits per heavy atom. The quantitative estimate of drug-likeness (QED) is 0.702. The van der Waals surface area contributed by atoms with Crippen LogP contribution in [0.5, 0.6) is 0 Å². The number of nitrogens with zero attached hydrogens (tertiary/aromatic N) is 1. The molecular formula is C22H29NO3S. The molecule has 0 atom stereocenters. The van der Waals surface area contributed by atoms with Crippen LogP contribution in [0.2, 0.25) is 0 Å². The van der Waals surface area contributed by atoms with E-state index in [1.165, 1.54) is 23.3 Å². The van der Waals surface area contributed by atoms with Crippen molar-refractivity contribution in [1.29, 1.82) is 0 Å². The number of carbonyl (C=O) groups excluding carboxylic acids is 1. The van der Waals surface area contributed by atoms with Gasteiger partial charge in [-0.15, -0.1) is 11.3 Å². The summed E-state index contributed by atoms with van der Waals surface area (Å²) in [5.41, 5.74) is 1.91. The number of allylic oxidation sites excluding steroid dienone is 2. The van der Waals surface area contributed by atoms with Crippen molar-refractivity contribution in [1.82, 2.24) is 0 Å². The van der Waals surface area contributed by atoms with Gasteiger partial charge in [0.25, 0.3) is 0 Å². The maximum absolute atomic E-state index is 13.4. The van der Waals surface area contributed by atoms with Gasteiger partial charge in [-0.05, 0) is 81.8 Å². The van der Waals surface area contributed by atoms with Crippen molar-refractivity contribution in [3.8, 4) is 0 Å². The predicted octanol–water partition coefficient (Wildman–Crippen LogP) is 5.73. The molecule has 146 valence electrons. The number of hydrogen-bond donors (Lipinski definition) is 1. The highest BCUT2D eigenvalue weighted by molar-refractivity contribution is 7.15. The minimum absolute atomic E-state index is 0.0562. The fourth-order valence-corrected chi connectivity index (χ4v) is 5.52. The first-order valence-corrected chi connectivity index (χ1v) is 11.3. The Hall–Kier alpha value is -1.62. The van der Waals surface area contributed by atoms with Crippen molar-refractivity contribution in [2.45, 2.75) is 77.2 Å². The Morgan fingerprint density at radius 1 is 1.11 bits per heavy atom. The summed E-state index contributed by atoms with van der Waals surface area (Å²) in [5.74, 6) is 0.00642. The fourth-order valence-electron chi connectivity index (χ4n) is 4.47. The molecule has 1 N–H and O–H groups in total. The van der Waals surface area contributed by atoms with Crippen molar-refractivity contribution in [3.63, 3.8) is 0 Å². The molecule has 27 heavy (non-hydrogen) atoms. The smallest absolute Gasteiger partial charge is 0.348 e. The average molecular weight is 388 g/mol. The number of rotatable bonds is 5. The number of amides is 1. The van der Waals surface area contributed by atoms with Crippen LogP contribution in [0.4, 0.5) is 5.69 Å². The van der Waals surface area contributed by atoms with Crippen LogP contribution >= 0.6 is 11.3 Å². The fraction of sp³-hybridized carbons (Fsp3) is 0.636. The molecule has 1 heterocycles. The van der Waals surface area contributed by atoms with Crippen molar-refractivity contribution in [3.05, 3.63) is 21.9 Å². The second kappa shape index (κ2) is 7.78. The number of carbonyl (C=O) groups is 2. The number of hydrogen-bond acceptors (Lipinski definition) is 3. The van der Waals surface area contributed by atoms with Crippen LogP contribution in [0.25, 0.3) is 5.57 Å². The van der Waals surface area contributed by atoms with Crippen LogP contribution < -0.4 is 4.90 Å². The van der Waals surface area contributed by atoms with Crippen molar-refractivity contribution in [2.75, 3.05) is 4.90 Å². The molecule has 0 aliphatic heterocycles. The van der Waals surface area contributed by atoms with E-state index in [1.54, 1.807) is 0 Å². The lowest BCUT2D eigenvalue weighted by molar-refractivity contribution is -0.123. The molecule has 5 heteroatoms. The topological polar surface area (TPSA) is 57.6 Å². The van der Waals surface area contributed by atoms with E-state index in [2.05, 4.69) is 13.0 Å². The lowest BCUT2D eigenvalue weighted by Crippen LogP contribution is -2.39. The zero-order valence-corrected chi connectivity index (χ0v) is 16.9. The predicted molar refractivity (Wildman–Crippen MR) is 109 cm³/mol. The molecule has 4 rings (SSSR count). The van der Waals surface area contributed by atoms with Gasteiger partial charge in [0.15, 0.2) is 0 Å². The van der Waals surface area contributed by atoms with Gasteiger partial charge in [-0.1, -0.05) is 13.0 Å². The molecule has 2 saturated carbocycles. The van der Waals surface area contributed by atoms with Gasteiger partial charge in [-0.2, -0.15) is 0 Å². The normalized spacial score (nSPS) is 25.7. The van der Waals surface area contributed by atoms with E-state index in [1.807, 2.05) is 11.0 Å². The Labute approximate surface area is 165 Å². The third-order valence-corrected chi connectivity index (χ3v) is 7.48. The first kappa shape index (κ1) is 18.7. The second-order valence-electron chi connectivity index (χ2n) is 8.50. The van der Waals surface area contributed by atoms with Gasteiger partial charge in [-0.25, -0.2) is 4.79 Å². The highest BCUT2D eigenvalue weighted by Crippen LogP contribution is 2.43. The number of thiophene rings is 1. The summed E-state index contributed by atoms with van der Waals surface area (Å²) in [5, 5.41) is 9.81. The lowest BCUT2D eigenvalue weighted by atomic mass is 9.82. The molecule has 0 spiro atoms. The number of aromatic carboxylic acids is 1. The monoisotopic (exact) mass is 387 g/mol. The van der Waals surface area contributed by atoms with E-state index in [-0.39, 0.29) is 17.9 Å². The van der Waals surface area contributed by atoms with Gasteiger partial charge in [0.05, 0.1) is 5.69 Å². The zero-order chi connectivity index (χ0) is 19.0. The molecule has 0 bridgehead atoms. The molecule has 4 nitrogen and oxygen atoms in total. The Kier molecular flexibility index (Phi) is 5.40. The molecule has 0 radical (unpaired) electrons. The first-order valence-electron chi connectivity index (χ1n) is 10.4. The highest BCUT2D eigenvalue weighted by Gasteiger charge is 2.40. The highest BCUT2D eigenvalue weighted by atomic mass is 32.1. The van der Waals surface area contributed by atoms with Crippen LogP contribution in [-0.2, 0) is 4.79 Å². The molecule has 0 saturated heterocycles. The molecular weight excluding hydrogens is 358 g/mol. The minimum Gasteiger partial charge on any atom is -0.477 e. The maximum atomic E-state index is 13.4. The summed E-state index contributed by atoms with van der Waals surface area (Å²) < 4.78 is 0. The summed E-state index contributed by atoms with van der Waals surface area (Å²) in [7, 11) is 0. The van der Waals surface area contributed by atoms with E-state index >= 15 is 0 Å². The van der Waals surface area contributed by atoms with Gasteiger partial charge in [0.1, 0.15) is 4.88 Å². The van der Waals surface area contributed by atoms with Crippen molar-refractivity contribution < 1.29 is 14.7 Å². The van der Waals surface area contributed by atoms with Crippen molar-refractivity contribution in [2.24, 2.45) is 11.8 Å². The molecule has 0 unspecified atom stereocenters. The summed E-state index contributed by atoms with van der Waals surface area (Å²) in [6, 6.07) is 2.19. The average Bonchev–Trinajstić information content (AvgIpc) is 3.40. The number of carboxylic acids is 1. The van der Waals surface area contributed by atoms with Crippen molar-refractivity contribution >= 4 is 34.5 Å². The van der Waals surface area contributed by atoms with Gasteiger partial charge in [0.2, 0.25) is 5.91 Å². The summed E-state index contributed by atoms with van der Waals surface area (Å²) in [4.78, 5) is 28.6. The second-order valence-corrected chi connectivity index (χ2v) is 9.55. The first-order chi connectivity index (χ1) is 13.0. The standard InChI is InChI=1S/C22H29NO3S/c1-14-7-9-16(10-8-14)21(24)23(17-11-12-17)18-13-19(27-20(18)22(25)26)15-5-3-2-4-6-15/h5,13-14,16-17H,2-4,6-12H2,1H3,(H,25,26)/t14-,16-. The molecule has 1 amide bonds. The summed E-state index contributed by atoms with van der Waals surface area (Å²) in [6.45, 7) is 2.25. The largest absolute Gasteiger partial charge is 0.477 e. The van der Waals surface area contributed by atoms with E-state index in [0.717, 1.165) is 62.7 Å².